The average molecular weight is 431 g/mol. The molecule has 0 unspecified atom stereocenters. The van der Waals surface area contributed by atoms with Crippen molar-refractivity contribution >= 4 is 0 Å². The number of ether oxygens (including phenoxy) is 1. The summed E-state index contributed by atoms with van der Waals surface area (Å²) in [5, 5.41) is 0. The first-order valence-electron chi connectivity index (χ1n) is 11.8. The molecule has 0 N–H and O–H groups in total. The van der Waals surface area contributed by atoms with Crippen molar-refractivity contribution in [3.05, 3.63) is 65.0 Å². The second-order valence-corrected chi connectivity index (χ2v) is 9.84. The number of rotatable bonds is 5. The van der Waals surface area contributed by atoms with Gasteiger partial charge in [0.15, 0.2) is 0 Å². The Morgan fingerprint density at radius 2 is 1.19 bits per heavy atom. The molecule has 0 saturated heterocycles. The average Bonchev–Trinajstić information content (AvgIpc) is 2.75. The maximum absolute atomic E-state index is 14.8. The van der Waals surface area contributed by atoms with Crippen molar-refractivity contribution in [2.24, 2.45) is 11.8 Å². The van der Waals surface area contributed by atoms with Crippen LogP contribution in [0.1, 0.15) is 93.7 Å². The van der Waals surface area contributed by atoms with Crippen LogP contribution in [0.3, 0.4) is 0 Å². The Balaban J connectivity index is 1.43. The third-order valence-electron chi connectivity index (χ3n) is 7.41. The highest BCUT2D eigenvalue weighted by Crippen LogP contribution is 2.40. The number of hydrogen-bond donors (Lipinski definition) is 0. The molecule has 2 fully saturated rings. The van der Waals surface area contributed by atoms with Crippen molar-refractivity contribution < 1.29 is 17.9 Å². The summed E-state index contributed by atoms with van der Waals surface area (Å²) in [6, 6.07) is 11.0. The molecule has 168 valence electrons. The zero-order valence-corrected chi connectivity index (χ0v) is 18.5. The summed E-state index contributed by atoms with van der Waals surface area (Å²) >= 11 is 0. The molecule has 2 saturated carbocycles. The molecule has 2 aliphatic rings. The van der Waals surface area contributed by atoms with Gasteiger partial charge in [0.05, 0.1) is 5.56 Å². The van der Waals surface area contributed by atoms with Gasteiger partial charge in [0.1, 0.15) is 11.6 Å². The van der Waals surface area contributed by atoms with Crippen LogP contribution in [0.15, 0.2) is 42.5 Å². The van der Waals surface area contributed by atoms with Crippen LogP contribution in [0.4, 0.5) is 13.2 Å². The van der Waals surface area contributed by atoms with E-state index in [0.29, 0.717) is 11.8 Å². The fourth-order valence-corrected chi connectivity index (χ4v) is 5.22. The maximum atomic E-state index is 14.8. The van der Waals surface area contributed by atoms with Crippen LogP contribution in [0.2, 0.25) is 0 Å². The van der Waals surface area contributed by atoms with Crippen LogP contribution >= 0.6 is 0 Å². The van der Waals surface area contributed by atoms with Gasteiger partial charge in [0, 0.05) is 0 Å². The zero-order chi connectivity index (χ0) is 22.0. The van der Waals surface area contributed by atoms with E-state index in [-0.39, 0.29) is 11.7 Å². The van der Waals surface area contributed by atoms with E-state index in [2.05, 4.69) is 13.8 Å². The summed E-state index contributed by atoms with van der Waals surface area (Å²) in [6.45, 7) is 4.50. The number of halogens is 3. The van der Waals surface area contributed by atoms with Gasteiger partial charge in [-0.3, -0.25) is 0 Å². The Bertz CT molecular complexity index is 861. The second kappa shape index (κ2) is 9.26. The van der Waals surface area contributed by atoms with Gasteiger partial charge in [-0.25, -0.2) is 4.39 Å². The van der Waals surface area contributed by atoms with Crippen molar-refractivity contribution in [3.8, 4) is 5.75 Å². The predicted octanol–water partition coefficient (Wildman–Crippen LogP) is 8.54. The fraction of sp³-hybridized carbons (Fsp3) is 0.556. The van der Waals surface area contributed by atoms with Crippen LogP contribution in [0.5, 0.6) is 5.75 Å². The molecule has 4 rings (SSSR count). The summed E-state index contributed by atoms with van der Waals surface area (Å²) in [6.07, 6.45) is 5.13. The minimum atomic E-state index is -3.72. The van der Waals surface area contributed by atoms with Crippen molar-refractivity contribution in [1.29, 1.82) is 0 Å². The highest BCUT2D eigenvalue weighted by Gasteiger charge is 2.38. The van der Waals surface area contributed by atoms with Gasteiger partial charge in [-0.1, -0.05) is 57.7 Å². The van der Waals surface area contributed by atoms with Gasteiger partial charge < -0.3 is 4.74 Å². The van der Waals surface area contributed by atoms with Crippen LogP contribution < -0.4 is 4.74 Å². The fourth-order valence-electron chi connectivity index (χ4n) is 5.22. The van der Waals surface area contributed by atoms with Crippen molar-refractivity contribution in [3.63, 3.8) is 0 Å². The van der Waals surface area contributed by atoms with E-state index >= 15 is 0 Å². The SMILES string of the molecule is CC1CCC(c2ccc(OC(F)(F)c3ccc(C4CCC(C)CC4)cc3F)cc2)CC1. The predicted molar refractivity (Wildman–Crippen MR) is 118 cm³/mol. The first-order chi connectivity index (χ1) is 14.8. The topological polar surface area (TPSA) is 9.23 Å². The second-order valence-electron chi connectivity index (χ2n) is 9.84. The highest BCUT2D eigenvalue weighted by atomic mass is 19.3. The van der Waals surface area contributed by atoms with Crippen LogP contribution in [-0.2, 0) is 6.11 Å². The normalized spacial score (nSPS) is 27.1. The van der Waals surface area contributed by atoms with Crippen molar-refractivity contribution in [2.45, 2.75) is 83.2 Å². The van der Waals surface area contributed by atoms with Gasteiger partial charge in [-0.05, 0) is 84.7 Å². The van der Waals surface area contributed by atoms with E-state index in [9.17, 15) is 13.2 Å². The molecule has 0 radical (unpaired) electrons. The lowest BCUT2D eigenvalue weighted by Gasteiger charge is -2.27. The third-order valence-corrected chi connectivity index (χ3v) is 7.41. The summed E-state index contributed by atoms with van der Waals surface area (Å²) in [5.41, 5.74) is 1.28. The molecule has 4 heteroatoms. The summed E-state index contributed by atoms with van der Waals surface area (Å²) in [4.78, 5) is 0. The van der Waals surface area contributed by atoms with E-state index in [1.165, 1.54) is 30.5 Å². The molecule has 0 bridgehead atoms. The Labute approximate surface area is 184 Å². The zero-order valence-electron chi connectivity index (χ0n) is 18.5. The molecule has 1 nitrogen and oxygen atoms in total. The van der Waals surface area contributed by atoms with Gasteiger partial charge in [-0.2, -0.15) is 8.78 Å². The number of benzene rings is 2. The van der Waals surface area contributed by atoms with Crippen molar-refractivity contribution in [1.82, 2.24) is 0 Å². The Kier molecular flexibility index (Phi) is 6.64. The quantitative estimate of drug-likeness (QED) is 0.462. The summed E-state index contributed by atoms with van der Waals surface area (Å²) < 4.78 is 49.1. The van der Waals surface area contributed by atoms with Crippen LogP contribution in [-0.4, -0.2) is 0 Å². The number of alkyl halides is 2. The first-order valence-corrected chi connectivity index (χ1v) is 11.8. The van der Waals surface area contributed by atoms with E-state index in [4.69, 9.17) is 4.74 Å². The molecule has 2 aromatic carbocycles. The van der Waals surface area contributed by atoms with Crippen molar-refractivity contribution in [2.75, 3.05) is 0 Å². The molecule has 0 spiro atoms. The van der Waals surface area contributed by atoms with E-state index < -0.39 is 17.5 Å². The molecule has 0 heterocycles. The first kappa shape index (κ1) is 22.2. The van der Waals surface area contributed by atoms with Gasteiger partial charge in [0.25, 0.3) is 0 Å². The van der Waals surface area contributed by atoms with Crippen LogP contribution in [0, 0.1) is 17.7 Å². The minimum absolute atomic E-state index is 0.0580. The maximum Gasteiger partial charge on any atom is 0.429 e. The largest absolute Gasteiger partial charge is 0.429 e. The molecule has 31 heavy (non-hydrogen) atoms. The Morgan fingerprint density at radius 1 is 0.710 bits per heavy atom. The van der Waals surface area contributed by atoms with E-state index in [1.807, 2.05) is 12.1 Å². The molecular weight excluding hydrogens is 397 g/mol. The Hall–Kier alpha value is -1.97. The standard InChI is InChI=1S/C27H33F3O/c1-18-3-7-20(8-4-18)21-11-14-24(15-12-21)31-27(29,30)25-16-13-23(17-26(25)28)22-9-5-19(2)6-10-22/h11-20,22H,3-10H2,1-2H3. The Morgan fingerprint density at radius 3 is 1.71 bits per heavy atom. The van der Waals surface area contributed by atoms with Gasteiger partial charge >= 0.3 is 6.11 Å². The van der Waals surface area contributed by atoms with Gasteiger partial charge in [-0.15, -0.1) is 0 Å². The van der Waals surface area contributed by atoms with E-state index in [0.717, 1.165) is 50.0 Å². The molecule has 2 aliphatic carbocycles. The lowest BCUT2D eigenvalue weighted by atomic mass is 9.79. The van der Waals surface area contributed by atoms with E-state index in [1.54, 1.807) is 18.2 Å². The molecule has 0 atom stereocenters. The monoisotopic (exact) mass is 430 g/mol. The highest BCUT2D eigenvalue weighted by molar-refractivity contribution is 5.33. The molecule has 0 aromatic heterocycles. The minimum Gasteiger partial charge on any atom is -0.429 e. The lowest BCUT2D eigenvalue weighted by Crippen LogP contribution is -2.24. The lowest BCUT2D eigenvalue weighted by molar-refractivity contribution is -0.187. The molecule has 0 aliphatic heterocycles. The summed E-state index contributed by atoms with van der Waals surface area (Å²) in [7, 11) is 0. The van der Waals surface area contributed by atoms with Gasteiger partial charge in [0.2, 0.25) is 0 Å². The smallest absolute Gasteiger partial charge is 0.429 e. The number of hydrogen-bond acceptors (Lipinski definition) is 1. The molecule has 2 aromatic rings. The molecular formula is C27H33F3O. The summed E-state index contributed by atoms with van der Waals surface area (Å²) in [5.74, 6) is 1.35. The molecule has 0 amide bonds. The van der Waals surface area contributed by atoms with Crippen LogP contribution in [0.25, 0.3) is 0 Å². The third kappa shape index (κ3) is 5.27.